The van der Waals surface area contributed by atoms with E-state index in [0.29, 0.717) is 33.8 Å². The number of hydrogen-bond donors (Lipinski definition) is 1. The molecule has 0 bridgehead atoms. The number of anilines is 1. The predicted octanol–water partition coefficient (Wildman–Crippen LogP) is 2.39. The average Bonchev–Trinajstić information content (AvgIpc) is 3.02. The number of hydrogen-bond acceptors (Lipinski definition) is 4. The number of halogens is 1. The first-order valence-corrected chi connectivity index (χ1v) is 9.10. The lowest BCUT2D eigenvalue weighted by molar-refractivity contribution is 0.103. The maximum Gasteiger partial charge on any atom is 0.332 e. The van der Waals surface area contributed by atoms with Crippen molar-refractivity contribution in [1.82, 2.24) is 9.13 Å². The molecule has 7 heteroatoms. The van der Waals surface area contributed by atoms with Crippen molar-refractivity contribution in [2.24, 2.45) is 14.1 Å². The number of carbonyl (C=O) groups excluding carboxylic acids is 1. The van der Waals surface area contributed by atoms with E-state index in [1.54, 1.807) is 31.3 Å². The van der Waals surface area contributed by atoms with E-state index in [2.05, 4.69) is 5.32 Å². The van der Waals surface area contributed by atoms with Crippen LogP contribution in [0.15, 0.2) is 63.7 Å². The van der Waals surface area contributed by atoms with Gasteiger partial charge < -0.3 is 5.32 Å². The van der Waals surface area contributed by atoms with E-state index in [1.165, 1.54) is 23.7 Å². The Morgan fingerprint density at radius 3 is 2.24 bits per heavy atom. The minimum absolute atomic E-state index is 0.181. The largest absolute Gasteiger partial charge is 0.340 e. The van der Waals surface area contributed by atoms with E-state index < -0.39 is 23.0 Å². The molecule has 1 aromatic heterocycles. The molecule has 5 rings (SSSR count). The van der Waals surface area contributed by atoms with Gasteiger partial charge in [-0.05, 0) is 17.7 Å². The highest BCUT2D eigenvalue weighted by Crippen LogP contribution is 2.47. The molecule has 0 amide bonds. The fraction of sp³-hybridized carbons (Fsp3) is 0.136. The zero-order valence-corrected chi connectivity index (χ0v) is 15.7. The molecule has 0 radical (unpaired) electrons. The number of aromatic nitrogens is 2. The van der Waals surface area contributed by atoms with Gasteiger partial charge in [-0.25, -0.2) is 9.18 Å². The molecule has 144 valence electrons. The van der Waals surface area contributed by atoms with Crippen molar-refractivity contribution in [2.45, 2.75) is 5.92 Å². The van der Waals surface area contributed by atoms with Crippen LogP contribution < -0.4 is 16.6 Å². The molecular formula is C22H16FN3O3. The Morgan fingerprint density at radius 2 is 1.55 bits per heavy atom. The lowest BCUT2D eigenvalue weighted by Crippen LogP contribution is -2.42. The molecular weight excluding hydrogens is 373 g/mol. The molecule has 0 saturated carbocycles. The van der Waals surface area contributed by atoms with E-state index in [4.69, 9.17) is 0 Å². The summed E-state index contributed by atoms with van der Waals surface area (Å²) in [6.45, 7) is 0. The van der Waals surface area contributed by atoms with Gasteiger partial charge in [0.25, 0.3) is 5.56 Å². The molecule has 0 saturated heterocycles. The van der Waals surface area contributed by atoms with Crippen molar-refractivity contribution < 1.29 is 9.18 Å². The number of fused-ring (bicyclic) bond motifs is 3. The lowest BCUT2D eigenvalue weighted by atomic mass is 9.81. The molecule has 0 fully saturated rings. The summed E-state index contributed by atoms with van der Waals surface area (Å²) in [7, 11) is 2.98. The number of Topliss-reactive ketones (excluding diaryl/α,β-unsaturated/α-hetero) is 1. The zero-order valence-electron chi connectivity index (χ0n) is 15.7. The van der Waals surface area contributed by atoms with Crippen molar-refractivity contribution in [3.8, 4) is 0 Å². The highest BCUT2D eigenvalue weighted by molar-refractivity contribution is 6.23. The Kier molecular flexibility index (Phi) is 3.52. The van der Waals surface area contributed by atoms with Crippen LogP contribution >= 0.6 is 0 Å². The highest BCUT2D eigenvalue weighted by Gasteiger charge is 2.42. The Hall–Kier alpha value is -3.74. The lowest BCUT2D eigenvalue weighted by Gasteiger charge is -2.29. The van der Waals surface area contributed by atoms with Crippen LogP contribution in [-0.2, 0) is 14.1 Å². The zero-order chi connectivity index (χ0) is 20.4. The molecule has 2 aliphatic rings. The summed E-state index contributed by atoms with van der Waals surface area (Å²) in [4.78, 5) is 38.9. The highest BCUT2D eigenvalue weighted by atomic mass is 19.1. The van der Waals surface area contributed by atoms with Crippen molar-refractivity contribution in [3.63, 3.8) is 0 Å². The van der Waals surface area contributed by atoms with Crippen molar-refractivity contribution in [2.75, 3.05) is 5.32 Å². The van der Waals surface area contributed by atoms with Crippen LogP contribution in [0.4, 0.5) is 10.2 Å². The molecule has 1 N–H and O–H groups in total. The number of benzene rings is 2. The van der Waals surface area contributed by atoms with Gasteiger partial charge >= 0.3 is 5.69 Å². The molecule has 1 atom stereocenters. The van der Waals surface area contributed by atoms with Gasteiger partial charge in [-0.15, -0.1) is 0 Å². The van der Waals surface area contributed by atoms with Gasteiger partial charge in [0.05, 0.1) is 11.3 Å². The average molecular weight is 389 g/mol. The monoisotopic (exact) mass is 389 g/mol. The second-order valence-electron chi connectivity index (χ2n) is 7.24. The molecule has 1 aliphatic heterocycles. The Bertz CT molecular complexity index is 1360. The second kappa shape index (κ2) is 5.88. The number of nitrogens with zero attached hydrogens (tertiary/aromatic N) is 2. The smallest absolute Gasteiger partial charge is 0.332 e. The maximum atomic E-state index is 13.6. The standard InChI is InChI=1S/C22H16FN3O3/c1-25-20-17(21(28)26(2)22(25)29)15(11-7-9-12(23)10-8-11)16-18(24-20)13-5-3-4-6-14(13)19(16)27/h3-10,15,24H,1-2H3/t15-/m1/s1. The molecule has 2 aromatic carbocycles. The summed E-state index contributed by atoms with van der Waals surface area (Å²) in [5, 5.41) is 3.17. The minimum atomic E-state index is -0.716. The van der Waals surface area contributed by atoms with E-state index in [-0.39, 0.29) is 5.78 Å². The van der Waals surface area contributed by atoms with Crippen LogP contribution in [-0.4, -0.2) is 14.9 Å². The summed E-state index contributed by atoms with van der Waals surface area (Å²) in [6.07, 6.45) is 0. The van der Waals surface area contributed by atoms with Gasteiger partial charge in [0.2, 0.25) is 0 Å². The van der Waals surface area contributed by atoms with Crippen LogP contribution in [0.25, 0.3) is 5.70 Å². The first kappa shape index (κ1) is 17.4. The summed E-state index contributed by atoms with van der Waals surface area (Å²) < 4.78 is 16.0. The van der Waals surface area contributed by atoms with E-state index in [9.17, 15) is 18.8 Å². The van der Waals surface area contributed by atoms with Gasteiger partial charge in [-0.3, -0.25) is 18.7 Å². The van der Waals surface area contributed by atoms with E-state index in [1.807, 2.05) is 12.1 Å². The summed E-state index contributed by atoms with van der Waals surface area (Å²) in [5.41, 5.74) is 2.21. The third kappa shape index (κ3) is 2.24. The molecule has 3 aromatic rings. The molecule has 2 heterocycles. The van der Waals surface area contributed by atoms with E-state index >= 15 is 0 Å². The number of nitrogens with one attached hydrogen (secondary N) is 1. The van der Waals surface area contributed by atoms with Crippen LogP contribution in [0.3, 0.4) is 0 Å². The number of carbonyl (C=O) groups is 1. The number of allylic oxidation sites excluding steroid dienone is 1. The molecule has 29 heavy (non-hydrogen) atoms. The van der Waals surface area contributed by atoms with Gasteiger partial charge in [-0.1, -0.05) is 36.4 Å². The first-order valence-electron chi connectivity index (χ1n) is 9.10. The normalized spacial score (nSPS) is 16.9. The third-order valence-corrected chi connectivity index (χ3v) is 5.68. The van der Waals surface area contributed by atoms with Crippen molar-refractivity contribution >= 4 is 17.3 Å². The Labute approximate surface area is 164 Å². The quantitative estimate of drug-likeness (QED) is 0.694. The van der Waals surface area contributed by atoms with Crippen LogP contribution in [0, 0.1) is 5.82 Å². The van der Waals surface area contributed by atoms with Gasteiger partial charge in [0, 0.05) is 36.7 Å². The van der Waals surface area contributed by atoms with Gasteiger partial charge in [0.1, 0.15) is 11.6 Å². The Morgan fingerprint density at radius 1 is 0.897 bits per heavy atom. The minimum Gasteiger partial charge on any atom is -0.340 e. The summed E-state index contributed by atoms with van der Waals surface area (Å²) in [5.74, 6) is -0.964. The van der Waals surface area contributed by atoms with Crippen LogP contribution in [0.1, 0.15) is 33.0 Å². The second-order valence-corrected chi connectivity index (χ2v) is 7.24. The van der Waals surface area contributed by atoms with Gasteiger partial charge in [0.15, 0.2) is 5.78 Å². The first-order chi connectivity index (χ1) is 13.9. The maximum absolute atomic E-state index is 13.6. The number of rotatable bonds is 1. The van der Waals surface area contributed by atoms with Crippen molar-refractivity contribution in [1.29, 1.82) is 0 Å². The summed E-state index contributed by atoms with van der Waals surface area (Å²) in [6, 6.07) is 12.9. The molecule has 0 spiro atoms. The Balaban J connectivity index is 1.89. The molecule has 6 nitrogen and oxygen atoms in total. The SMILES string of the molecule is Cn1c2c(c(=O)n(C)c1=O)[C@H](c1ccc(F)cc1)C1=C(N2)c2ccccc2C1=O. The summed E-state index contributed by atoms with van der Waals surface area (Å²) >= 11 is 0. The van der Waals surface area contributed by atoms with Crippen molar-refractivity contribution in [3.05, 3.63) is 103 Å². The number of ketones is 1. The van der Waals surface area contributed by atoms with Crippen LogP contribution in [0.5, 0.6) is 0 Å². The van der Waals surface area contributed by atoms with Gasteiger partial charge in [-0.2, -0.15) is 0 Å². The molecule has 1 aliphatic carbocycles. The topological polar surface area (TPSA) is 73.1 Å². The van der Waals surface area contributed by atoms with Crippen LogP contribution in [0.2, 0.25) is 0 Å². The fourth-order valence-electron chi connectivity index (χ4n) is 4.25. The van der Waals surface area contributed by atoms with E-state index in [0.717, 1.165) is 10.1 Å². The third-order valence-electron chi connectivity index (χ3n) is 5.68. The molecule has 0 unspecified atom stereocenters. The fourth-order valence-corrected chi connectivity index (χ4v) is 4.25. The predicted molar refractivity (Wildman–Crippen MR) is 106 cm³/mol.